The van der Waals surface area contributed by atoms with Crippen LogP contribution in [0.15, 0.2) is 30.5 Å². The minimum atomic E-state index is -0.770. The van der Waals surface area contributed by atoms with Crippen molar-refractivity contribution in [1.29, 1.82) is 0 Å². The fourth-order valence-corrected chi connectivity index (χ4v) is 2.55. The van der Waals surface area contributed by atoms with Crippen molar-refractivity contribution < 1.29 is 19.0 Å². The van der Waals surface area contributed by atoms with E-state index in [1.54, 1.807) is 6.20 Å². The number of benzene rings is 1. The Morgan fingerprint density at radius 1 is 1.25 bits per heavy atom. The molecule has 2 aromatic rings. The van der Waals surface area contributed by atoms with Gasteiger partial charge in [-0.05, 0) is 12.5 Å². The molecule has 0 unspecified atom stereocenters. The van der Waals surface area contributed by atoms with E-state index in [-0.39, 0.29) is 0 Å². The lowest BCUT2D eigenvalue weighted by atomic mass is 10.1. The predicted octanol–water partition coefficient (Wildman–Crippen LogP) is 3.56. The Kier molecular flexibility index (Phi) is 4.64. The molecule has 0 fully saturated rings. The second-order valence-corrected chi connectivity index (χ2v) is 6.36. The molecule has 0 aliphatic carbocycles. The van der Waals surface area contributed by atoms with Gasteiger partial charge in [0.1, 0.15) is 5.69 Å². The van der Waals surface area contributed by atoms with Crippen LogP contribution < -0.4 is 4.74 Å². The van der Waals surface area contributed by atoms with E-state index < -0.39 is 5.79 Å². The molecule has 1 aromatic heterocycles. The normalized spacial score (nSPS) is 15.5. The average molecular weight is 327 g/mol. The molecule has 0 radical (unpaired) electrons. The maximum atomic E-state index is 11.2. The molecule has 0 atom stereocenters. The number of aryl methyl sites for hydroxylation is 1. The van der Waals surface area contributed by atoms with Crippen molar-refractivity contribution in [1.82, 2.24) is 4.98 Å². The standard InChI is InChI=1S/C19H21NO4/c1-13-4-6-14(7-5-13)10-22-11-15-8-20-17(9-21)18-16(15)12-23-19(2,3)24-18/h4-9H,10-12H2,1-3H3. The van der Waals surface area contributed by atoms with Crippen LogP contribution in [0.1, 0.15) is 46.6 Å². The lowest BCUT2D eigenvalue weighted by Crippen LogP contribution is -2.36. The highest BCUT2D eigenvalue weighted by Gasteiger charge is 2.31. The number of hydrogen-bond donors (Lipinski definition) is 0. The Balaban J connectivity index is 1.74. The van der Waals surface area contributed by atoms with Crippen molar-refractivity contribution >= 4 is 6.29 Å². The van der Waals surface area contributed by atoms with Crippen molar-refractivity contribution in [3.05, 3.63) is 58.4 Å². The van der Waals surface area contributed by atoms with E-state index in [1.165, 1.54) is 5.56 Å². The molecular formula is C19H21NO4. The first-order valence-corrected chi connectivity index (χ1v) is 7.91. The van der Waals surface area contributed by atoms with Crippen LogP contribution in [0.2, 0.25) is 0 Å². The van der Waals surface area contributed by atoms with Gasteiger partial charge in [-0.15, -0.1) is 0 Å². The van der Waals surface area contributed by atoms with Crippen LogP contribution in [0.5, 0.6) is 5.75 Å². The molecule has 3 rings (SSSR count). The van der Waals surface area contributed by atoms with Crippen molar-refractivity contribution in [2.75, 3.05) is 0 Å². The van der Waals surface area contributed by atoms with Gasteiger partial charge in [-0.2, -0.15) is 0 Å². The largest absolute Gasteiger partial charge is 0.460 e. The van der Waals surface area contributed by atoms with Crippen molar-refractivity contribution in [3.63, 3.8) is 0 Å². The SMILES string of the molecule is Cc1ccc(COCc2cnc(C=O)c3c2COC(C)(C)O3)cc1. The smallest absolute Gasteiger partial charge is 0.205 e. The number of aromatic nitrogens is 1. The van der Waals surface area contributed by atoms with Crippen LogP contribution >= 0.6 is 0 Å². The molecule has 1 aromatic carbocycles. The van der Waals surface area contributed by atoms with E-state index >= 15 is 0 Å². The van der Waals surface area contributed by atoms with E-state index in [0.29, 0.717) is 37.6 Å². The zero-order valence-corrected chi connectivity index (χ0v) is 14.2. The first-order chi connectivity index (χ1) is 11.5. The van der Waals surface area contributed by atoms with Gasteiger partial charge in [0.2, 0.25) is 5.79 Å². The third kappa shape index (κ3) is 3.63. The summed E-state index contributed by atoms with van der Waals surface area (Å²) in [5.41, 5.74) is 4.33. The molecule has 0 spiro atoms. The van der Waals surface area contributed by atoms with Crippen LogP contribution in [0.25, 0.3) is 0 Å². The molecule has 5 nitrogen and oxygen atoms in total. The summed E-state index contributed by atoms with van der Waals surface area (Å²) in [5, 5.41) is 0. The van der Waals surface area contributed by atoms with Gasteiger partial charge >= 0.3 is 0 Å². The Hall–Kier alpha value is -2.24. The first kappa shape index (κ1) is 16.6. The number of hydrogen-bond acceptors (Lipinski definition) is 5. The molecule has 1 aliphatic rings. The van der Waals surface area contributed by atoms with Crippen molar-refractivity contribution in [3.8, 4) is 5.75 Å². The highest BCUT2D eigenvalue weighted by molar-refractivity contribution is 5.77. The van der Waals surface area contributed by atoms with E-state index in [0.717, 1.165) is 16.7 Å². The summed E-state index contributed by atoms with van der Waals surface area (Å²) in [5.74, 6) is -0.272. The van der Waals surface area contributed by atoms with Gasteiger partial charge in [-0.1, -0.05) is 29.8 Å². The fourth-order valence-electron chi connectivity index (χ4n) is 2.55. The summed E-state index contributed by atoms with van der Waals surface area (Å²) in [6.07, 6.45) is 2.36. The quantitative estimate of drug-likeness (QED) is 0.786. The molecule has 126 valence electrons. The minimum Gasteiger partial charge on any atom is -0.460 e. The summed E-state index contributed by atoms with van der Waals surface area (Å²) in [7, 11) is 0. The molecule has 24 heavy (non-hydrogen) atoms. The Labute approximate surface area is 141 Å². The fraction of sp³-hybridized carbons (Fsp3) is 0.368. The molecule has 0 bridgehead atoms. The third-order valence-electron chi connectivity index (χ3n) is 3.92. The van der Waals surface area contributed by atoms with E-state index in [9.17, 15) is 4.79 Å². The van der Waals surface area contributed by atoms with E-state index in [1.807, 2.05) is 26.0 Å². The van der Waals surface area contributed by atoms with Crippen LogP contribution in [-0.4, -0.2) is 17.1 Å². The summed E-state index contributed by atoms with van der Waals surface area (Å²) >= 11 is 0. The van der Waals surface area contributed by atoms with Crippen LogP contribution in [-0.2, 0) is 29.3 Å². The third-order valence-corrected chi connectivity index (χ3v) is 3.92. The lowest BCUT2D eigenvalue weighted by molar-refractivity contribution is -0.180. The first-order valence-electron chi connectivity index (χ1n) is 7.91. The van der Waals surface area contributed by atoms with Crippen LogP contribution in [0, 0.1) is 6.92 Å². The van der Waals surface area contributed by atoms with Gasteiger partial charge in [0.15, 0.2) is 12.0 Å². The average Bonchev–Trinajstić information content (AvgIpc) is 2.55. The predicted molar refractivity (Wildman–Crippen MR) is 88.8 cm³/mol. The number of carbonyl (C=O) groups is 1. The highest BCUT2D eigenvalue weighted by atomic mass is 16.7. The maximum Gasteiger partial charge on any atom is 0.205 e. The molecule has 0 saturated heterocycles. The van der Waals surface area contributed by atoms with Crippen molar-refractivity contribution in [2.45, 2.75) is 46.4 Å². The molecule has 5 heteroatoms. The minimum absolute atomic E-state index is 0.295. The van der Waals surface area contributed by atoms with E-state index in [4.69, 9.17) is 14.2 Å². The summed E-state index contributed by atoms with van der Waals surface area (Å²) in [6.45, 7) is 6.94. The summed E-state index contributed by atoms with van der Waals surface area (Å²) in [6, 6.07) is 8.22. The monoisotopic (exact) mass is 327 g/mol. The molecule has 2 heterocycles. The van der Waals surface area contributed by atoms with Crippen molar-refractivity contribution in [2.24, 2.45) is 0 Å². The van der Waals surface area contributed by atoms with Gasteiger partial charge in [0.05, 0.1) is 19.8 Å². The van der Waals surface area contributed by atoms with Gasteiger partial charge in [0, 0.05) is 31.2 Å². The molecule has 0 saturated carbocycles. The summed E-state index contributed by atoms with van der Waals surface area (Å²) < 4.78 is 17.3. The number of carbonyl (C=O) groups excluding carboxylic acids is 1. The van der Waals surface area contributed by atoms with Gasteiger partial charge in [0.25, 0.3) is 0 Å². The maximum absolute atomic E-state index is 11.2. The van der Waals surface area contributed by atoms with Gasteiger partial charge in [-0.25, -0.2) is 4.98 Å². The lowest BCUT2D eigenvalue weighted by Gasteiger charge is -2.33. The van der Waals surface area contributed by atoms with Crippen LogP contribution in [0.4, 0.5) is 0 Å². The highest BCUT2D eigenvalue weighted by Crippen LogP contribution is 2.35. The van der Waals surface area contributed by atoms with Gasteiger partial charge in [-0.3, -0.25) is 4.79 Å². The zero-order chi connectivity index (χ0) is 17.2. The number of nitrogens with zero attached hydrogens (tertiary/aromatic N) is 1. The number of fused-ring (bicyclic) bond motifs is 1. The molecule has 0 amide bonds. The Morgan fingerprint density at radius 2 is 2.00 bits per heavy atom. The molecule has 0 N–H and O–H groups in total. The van der Waals surface area contributed by atoms with E-state index in [2.05, 4.69) is 24.0 Å². The second-order valence-electron chi connectivity index (χ2n) is 6.36. The van der Waals surface area contributed by atoms with Crippen LogP contribution in [0.3, 0.4) is 0 Å². The zero-order valence-electron chi connectivity index (χ0n) is 14.2. The number of aldehydes is 1. The number of rotatable bonds is 5. The second kappa shape index (κ2) is 6.71. The summed E-state index contributed by atoms with van der Waals surface area (Å²) in [4.78, 5) is 15.4. The molecular weight excluding hydrogens is 306 g/mol. The number of ether oxygens (including phenoxy) is 3. The Bertz CT molecular complexity index is 738. The topological polar surface area (TPSA) is 57.7 Å². The number of pyridine rings is 1. The molecule has 1 aliphatic heterocycles. The van der Waals surface area contributed by atoms with Gasteiger partial charge < -0.3 is 14.2 Å². The Morgan fingerprint density at radius 3 is 2.71 bits per heavy atom.